The molecule has 2 unspecified atom stereocenters. The Bertz CT molecular complexity index is 801. The molecule has 4 rings (SSSR count). The molecule has 2 aromatic rings. The monoisotopic (exact) mass is 501 g/mol. The number of H-pyrrole nitrogens is 1. The van der Waals surface area contributed by atoms with E-state index in [0.29, 0.717) is 12.1 Å². The van der Waals surface area contributed by atoms with Gasteiger partial charge in [0.25, 0.3) is 0 Å². The summed E-state index contributed by atoms with van der Waals surface area (Å²) in [5.74, 6) is 0.901. The Labute approximate surface area is 183 Å². The Morgan fingerprint density at radius 3 is 2.93 bits per heavy atom. The summed E-state index contributed by atoms with van der Waals surface area (Å²) in [5, 5.41) is 9.04. The Balaban J connectivity index is 0.00000210. The summed E-state index contributed by atoms with van der Waals surface area (Å²) in [6.07, 6.45) is 6.94. The topological polar surface area (TPSA) is 55.5 Å². The van der Waals surface area contributed by atoms with Gasteiger partial charge in [0.05, 0.1) is 0 Å². The van der Waals surface area contributed by atoms with E-state index in [0.717, 1.165) is 42.1 Å². The number of fused-ring (bicyclic) bond motifs is 1. The number of hydrogen-bond donors (Lipinski definition) is 3. The first-order chi connectivity index (χ1) is 12.6. The lowest BCUT2D eigenvalue weighted by atomic mass is 10.1. The zero-order valence-electron chi connectivity index (χ0n) is 16.0. The maximum Gasteiger partial charge on any atom is 0.191 e. The minimum atomic E-state index is 0. The number of nitrogens with zero attached hydrogens (tertiary/aromatic N) is 2. The highest BCUT2D eigenvalue weighted by molar-refractivity contribution is 14.0. The van der Waals surface area contributed by atoms with Crippen LogP contribution in [0.25, 0.3) is 10.9 Å². The Morgan fingerprint density at radius 1 is 1.37 bits per heavy atom. The van der Waals surface area contributed by atoms with Crippen LogP contribution in [0.4, 0.5) is 0 Å². The summed E-state index contributed by atoms with van der Waals surface area (Å²) in [6.45, 7) is 4.32. The molecule has 1 aliphatic heterocycles. The van der Waals surface area contributed by atoms with Crippen molar-refractivity contribution >= 4 is 52.4 Å². The van der Waals surface area contributed by atoms with Gasteiger partial charge < -0.3 is 15.6 Å². The molecule has 148 valence electrons. The van der Waals surface area contributed by atoms with Gasteiger partial charge in [-0.05, 0) is 56.4 Å². The number of likely N-dealkylation sites (tertiary alicyclic amines) is 1. The lowest BCUT2D eigenvalue weighted by Crippen LogP contribution is -2.45. The van der Waals surface area contributed by atoms with E-state index in [1.807, 2.05) is 25.2 Å². The van der Waals surface area contributed by atoms with Crippen LogP contribution >= 0.6 is 35.6 Å². The van der Waals surface area contributed by atoms with Gasteiger partial charge in [-0.1, -0.05) is 11.6 Å². The van der Waals surface area contributed by atoms with Crippen molar-refractivity contribution in [1.82, 2.24) is 20.5 Å². The first-order valence-corrected chi connectivity index (χ1v) is 10.0. The van der Waals surface area contributed by atoms with Crippen LogP contribution in [0.3, 0.4) is 0 Å². The third-order valence-electron chi connectivity index (χ3n) is 5.62. The van der Waals surface area contributed by atoms with Crippen LogP contribution in [0.2, 0.25) is 5.02 Å². The first-order valence-electron chi connectivity index (χ1n) is 9.62. The fourth-order valence-corrected chi connectivity index (χ4v) is 4.31. The fraction of sp³-hybridized carbons (Fsp3) is 0.550. The summed E-state index contributed by atoms with van der Waals surface area (Å²) >= 11 is 6.14. The van der Waals surface area contributed by atoms with Crippen LogP contribution in [0.15, 0.2) is 29.4 Å². The Morgan fingerprint density at radius 2 is 2.19 bits per heavy atom. The number of rotatable bonds is 5. The Hall–Kier alpha value is -0.990. The van der Waals surface area contributed by atoms with Crippen LogP contribution in [0, 0.1) is 0 Å². The number of aromatic amines is 1. The van der Waals surface area contributed by atoms with Crippen LogP contribution in [-0.4, -0.2) is 54.1 Å². The van der Waals surface area contributed by atoms with Crippen molar-refractivity contribution in [2.45, 2.75) is 50.7 Å². The maximum absolute atomic E-state index is 6.14. The zero-order valence-corrected chi connectivity index (χ0v) is 19.1. The van der Waals surface area contributed by atoms with Crippen molar-refractivity contribution in [2.24, 2.45) is 4.99 Å². The van der Waals surface area contributed by atoms with E-state index in [2.05, 4.69) is 38.6 Å². The van der Waals surface area contributed by atoms with Crippen LogP contribution in [0.5, 0.6) is 0 Å². The maximum atomic E-state index is 6.14. The van der Waals surface area contributed by atoms with Crippen LogP contribution in [-0.2, 0) is 6.42 Å². The van der Waals surface area contributed by atoms with Crippen LogP contribution < -0.4 is 10.6 Å². The molecule has 27 heavy (non-hydrogen) atoms. The number of guanidine groups is 1. The molecule has 1 aliphatic carbocycles. The molecule has 0 bridgehead atoms. The number of aromatic nitrogens is 1. The second-order valence-corrected chi connectivity index (χ2v) is 8.04. The van der Waals surface area contributed by atoms with E-state index >= 15 is 0 Å². The minimum absolute atomic E-state index is 0. The molecule has 0 amide bonds. The molecule has 2 heterocycles. The molecule has 1 saturated heterocycles. The molecule has 1 aromatic carbocycles. The van der Waals surface area contributed by atoms with Crippen molar-refractivity contribution in [3.8, 4) is 0 Å². The van der Waals surface area contributed by atoms with Crippen molar-refractivity contribution < 1.29 is 0 Å². The van der Waals surface area contributed by atoms with Gasteiger partial charge in [-0.3, -0.25) is 9.89 Å². The summed E-state index contributed by atoms with van der Waals surface area (Å²) < 4.78 is 0. The zero-order chi connectivity index (χ0) is 18.1. The number of nitrogens with one attached hydrogen (secondary N) is 3. The molecular formula is C20H29ClIN5. The average molecular weight is 502 g/mol. The van der Waals surface area contributed by atoms with E-state index in [1.165, 1.54) is 30.2 Å². The molecule has 7 heteroatoms. The van der Waals surface area contributed by atoms with E-state index in [-0.39, 0.29) is 24.0 Å². The van der Waals surface area contributed by atoms with Gasteiger partial charge in [-0.2, -0.15) is 0 Å². The van der Waals surface area contributed by atoms with Gasteiger partial charge in [0, 0.05) is 60.4 Å². The van der Waals surface area contributed by atoms with E-state index in [4.69, 9.17) is 11.6 Å². The summed E-state index contributed by atoms with van der Waals surface area (Å²) in [7, 11) is 1.85. The highest BCUT2D eigenvalue weighted by Crippen LogP contribution is 2.33. The third-order valence-corrected chi connectivity index (χ3v) is 5.85. The normalized spacial score (nSPS) is 23.4. The van der Waals surface area contributed by atoms with Crippen molar-refractivity contribution in [3.63, 3.8) is 0 Å². The van der Waals surface area contributed by atoms with Gasteiger partial charge in [0.2, 0.25) is 0 Å². The first kappa shape index (κ1) is 20.7. The molecule has 2 fully saturated rings. The number of halogens is 2. The fourth-order valence-electron chi connectivity index (χ4n) is 4.14. The highest BCUT2D eigenvalue weighted by Gasteiger charge is 2.38. The van der Waals surface area contributed by atoms with Crippen molar-refractivity contribution in [1.29, 1.82) is 0 Å². The predicted octanol–water partition coefficient (Wildman–Crippen LogP) is 3.77. The predicted molar refractivity (Wildman–Crippen MR) is 125 cm³/mol. The summed E-state index contributed by atoms with van der Waals surface area (Å²) in [4.78, 5) is 10.4. The van der Waals surface area contributed by atoms with E-state index < -0.39 is 0 Å². The molecule has 3 N–H and O–H groups in total. The van der Waals surface area contributed by atoms with Gasteiger partial charge in [-0.15, -0.1) is 24.0 Å². The van der Waals surface area contributed by atoms with Gasteiger partial charge in [0.15, 0.2) is 5.96 Å². The lowest BCUT2D eigenvalue weighted by molar-refractivity contribution is 0.256. The molecule has 1 saturated carbocycles. The van der Waals surface area contributed by atoms with E-state index in [9.17, 15) is 0 Å². The molecular weight excluding hydrogens is 473 g/mol. The Kier molecular flexibility index (Phi) is 6.92. The quantitative estimate of drug-likeness (QED) is 0.332. The number of benzene rings is 1. The van der Waals surface area contributed by atoms with Crippen molar-refractivity contribution in [3.05, 3.63) is 35.0 Å². The van der Waals surface area contributed by atoms with Gasteiger partial charge >= 0.3 is 0 Å². The number of hydrogen-bond acceptors (Lipinski definition) is 2. The molecule has 1 aromatic heterocycles. The average Bonchev–Trinajstić information content (AvgIpc) is 3.30. The standard InChI is InChI=1S/C20H28ClN5.HI/c1-13-9-16(12-26(13)17-4-5-17)25-20(22-2)23-8-7-14-11-24-19-6-3-15(21)10-18(14)19;/h3,6,10-11,13,16-17,24H,4-5,7-9,12H2,1-2H3,(H2,22,23,25);1H. The van der Waals surface area contributed by atoms with E-state index in [1.54, 1.807) is 0 Å². The summed E-state index contributed by atoms with van der Waals surface area (Å²) in [6, 6.07) is 7.98. The second-order valence-electron chi connectivity index (χ2n) is 7.61. The number of aliphatic imine (C=N–C) groups is 1. The molecule has 0 spiro atoms. The smallest absolute Gasteiger partial charge is 0.191 e. The summed E-state index contributed by atoms with van der Waals surface area (Å²) in [5.41, 5.74) is 2.41. The minimum Gasteiger partial charge on any atom is -0.361 e. The van der Waals surface area contributed by atoms with Gasteiger partial charge in [0.1, 0.15) is 0 Å². The lowest BCUT2D eigenvalue weighted by Gasteiger charge is -2.20. The molecule has 2 atom stereocenters. The van der Waals surface area contributed by atoms with Gasteiger partial charge in [-0.25, -0.2) is 0 Å². The highest BCUT2D eigenvalue weighted by atomic mass is 127. The molecule has 2 aliphatic rings. The van der Waals surface area contributed by atoms with Crippen LogP contribution in [0.1, 0.15) is 31.7 Å². The molecule has 5 nitrogen and oxygen atoms in total. The van der Waals surface area contributed by atoms with Crippen molar-refractivity contribution in [2.75, 3.05) is 20.1 Å². The second kappa shape index (κ2) is 9.01. The third kappa shape index (κ3) is 4.90. The SMILES string of the molecule is CN=C(NCCc1c[nH]c2ccc(Cl)cc12)NC1CC(C)N(C2CC2)C1.I. The molecule has 0 radical (unpaired) electrons. The largest absolute Gasteiger partial charge is 0.361 e.